The molecule has 2 aliphatic rings. The summed E-state index contributed by atoms with van der Waals surface area (Å²) in [6.07, 6.45) is 1.91. The van der Waals surface area contributed by atoms with Crippen LogP contribution in [0.5, 0.6) is 0 Å². The van der Waals surface area contributed by atoms with Crippen molar-refractivity contribution in [3.63, 3.8) is 0 Å². The van der Waals surface area contributed by atoms with Crippen LogP contribution in [0.1, 0.15) is 40.5 Å². The molecular weight excluding hydrogens is 425 g/mol. The van der Waals surface area contributed by atoms with Crippen LogP contribution in [0.2, 0.25) is 10.0 Å². The van der Waals surface area contributed by atoms with E-state index in [2.05, 4.69) is 12.1 Å². The highest BCUT2D eigenvalue weighted by molar-refractivity contribution is 7.12. The van der Waals surface area contributed by atoms with Crippen molar-refractivity contribution in [2.24, 2.45) is 5.73 Å². The van der Waals surface area contributed by atoms with Gasteiger partial charge in [-0.15, -0.1) is 11.3 Å². The van der Waals surface area contributed by atoms with Crippen LogP contribution in [0.3, 0.4) is 0 Å². The van der Waals surface area contributed by atoms with E-state index in [4.69, 9.17) is 28.9 Å². The van der Waals surface area contributed by atoms with E-state index < -0.39 is 5.92 Å². The molecule has 1 aromatic heterocycles. The summed E-state index contributed by atoms with van der Waals surface area (Å²) in [7, 11) is 0. The third-order valence-corrected chi connectivity index (χ3v) is 6.83. The number of anilines is 1. The van der Waals surface area contributed by atoms with Crippen LogP contribution in [0.15, 0.2) is 46.9 Å². The Morgan fingerprint density at radius 2 is 1.86 bits per heavy atom. The van der Waals surface area contributed by atoms with Crippen molar-refractivity contribution >= 4 is 46.0 Å². The summed E-state index contributed by atoms with van der Waals surface area (Å²) in [5.41, 5.74) is 10.1. The average molecular weight is 444 g/mol. The van der Waals surface area contributed by atoms with Gasteiger partial charge in [0.2, 0.25) is 0 Å². The molecule has 0 unspecified atom stereocenters. The number of thiophene rings is 1. The first-order chi connectivity index (χ1) is 13.8. The van der Waals surface area contributed by atoms with E-state index in [9.17, 15) is 10.1 Å². The van der Waals surface area contributed by atoms with Gasteiger partial charge in [-0.05, 0) is 56.5 Å². The van der Waals surface area contributed by atoms with Crippen LogP contribution in [0, 0.1) is 25.2 Å². The number of Topliss-reactive ketones (excluding diaryl/α,β-unsaturated/α-hetero) is 1. The highest BCUT2D eigenvalue weighted by atomic mass is 35.5. The zero-order valence-electron chi connectivity index (χ0n) is 16.1. The van der Waals surface area contributed by atoms with Crippen LogP contribution in [0.4, 0.5) is 5.69 Å². The topological polar surface area (TPSA) is 70.1 Å². The highest BCUT2D eigenvalue weighted by Crippen LogP contribution is 2.48. The van der Waals surface area contributed by atoms with Gasteiger partial charge in [0, 0.05) is 37.5 Å². The number of hydrogen-bond acceptors (Lipinski definition) is 5. The van der Waals surface area contributed by atoms with E-state index in [0.29, 0.717) is 45.5 Å². The molecule has 1 aromatic carbocycles. The smallest absolute Gasteiger partial charge is 0.161 e. The van der Waals surface area contributed by atoms with Crippen molar-refractivity contribution in [1.82, 2.24) is 0 Å². The molecule has 0 saturated heterocycles. The molecule has 0 bridgehead atoms. The highest BCUT2D eigenvalue weighted by Gasteiger charge is 2.41. The second kappa shape index (κ2) is 7.53. The van der Waals surface area contributed by atoms with Crippen LogP contribution >= 0.6 is 34.5 Å². The molecule has 2 aromatic rings. The van der Waals surface area contributed by atoms with Crippen LogP contribution in [-0.2, 0) is 4.79 Å². The van der Waals surface area contributed by atoms with Gasteiger partial charge in [-0.2, -0.15) is 5.26 Å². The summed E-state index contributed by atoms with van der Waals surface area (Å²) in [6, 6.07) is 9.49. The Balaban J connectivity index is 2.00. The minimum absolute atomic E-state index is 0.0675. The number of hydrogen-bond donors (Lipinski definition) is 1. The van der Waals surface area contributed by atoms with Gasteiger partial charge in [0.05, 0.1) is 23.2 Å². The number of nitrogens with two attached hydrogens (primary N) is 1. The fraction of sp³-hybridized carbons (Fsp3) is 0.273. The van der Waals surface area contributed by atoms with E-state index >= 15 is 0 Å². The van der Waals surface area contributed by atoms with Gasteiger partial charge < -0.3 is 5.73 Å². The minimum atomic E-state index is -0.432. The predicted molar refractivity (Wildman–Crippen MR) is 118 cm³/mol. The van der Waals surface area contributed by atoms with Crippen molar-refractivity contribution in [2.75, 3.05) is 4.90 Å². The zero-order valence-corrected chi connectivity index (χ0v) is 18.4. The second-order valence-corrected chi connectivity index (χ2v) is 9.65. The molecule has 0 radical (unpaired) electrons. The summed E-state index contributed by atoms with van der Waals surface area (Å²) < 4.78 is 0. The molecule has 7 heteroatoms. The maximum atomic E-state index is 13.1. The van der Waals surface area contributed by atoms with Crippen LogP contribution in [0.25, 0.3) is 0 Å². The maximum absolute atomic E-state index is 13.1. The first kappa shape index (κ1) is 20.0. The third kappa shape index (κ3) is 3.36. The molecule has 4 rings (SSSR count). The van der Waals surface area contributed by atoms with E-state index in [1.54, 1.807) is 34.4 Å². The summed E-state index contributed by atoms with van der Waals surface area (Å²) >= 11 is 14.1. The van der Waals surface area contributed by atoms with Gasteiger partial charge in [0.25, 0.3) is 0 Å². The molecule has 0 spiro atoms. The van der Waals surface area contributed by atoms with Crippen molar-refractivity contribution in [3.05, 3.63) is 72.3 Å². The van der Waals surface area contributed by atoms with Gasteiger partial charge in [0.15, 0.2) is 5.78 Å². The Morgan fingerprint density at radius 3 is 2.45 bits per heavy atom. The lowest BCUT2D eigenvalue weighted by Gasteiger charge is -2.39. The lowest BCUT2D eigenvalue weighted by atomic mass is 9.75. The fourth-order valence-electron chi connectivity index (χ4n) is 4.30. The molecule has 2 N–H and O–H groups in total. The predicted octanol–water partition coefficient (Wildman–Crippen LogP) is 5.98. The number of carbonyl (C=O) groups excluding carboxylic acids is 1. The van der Waals surface area contributed by atoms with E-state index in [-0.39, 0.29) is 5.78 Å². The SMILES string of the molecule is Cc1cc([C@@H]2C(C#N)=C(N)N(c3cc(Cl)cc(Cl)c3)C3=C2C(=O)CCC3)c(C)s1. The summed E-state index contributed by atoms with van der Waals surface area (Å²) in [4.78, 5) is 17.1. The number of nitrogens with zero attached hydrogens (tertiary/aromatic N) is 2. The zero-order chi connectivity index (χ0) is 20.9. The monoisotopic (exact) mass is 443 g/mol. The standard InChI is InChI=1S/C22H19Cl2N3OS/c1-11-6-16(12(2)29-11)20-17(10-25)22(26)27(15-8-13(23)7-14(24)9-15)18-4-3-5-19(28)21(18)20/h6-9,20H,3-5,26H2,1-2H3/t20-/m1/s1. The lowest BCUT2D eigenvalue weighted by Crippen LogP contribution is -2.38. The number of nitriles is 1. The summed E-state index contributed by atoms with van der Waals surface area (Å²) in [5, 5.41) is 11.0. The Hall–Kier alpha value is -2.26. The molecule has 1 atom stereocenters. The number of rotatable bonds is 2. The molecule has 0 saturated carbocycles. The molecule has 1 aliphatic heterocycles. The summed E-state index contributed by atoms with van der Waals surface area (Å²) in [5.74, 6) is -0.0379. The molecule has 148 valence electrons. The number of carbonyl (C=O) groups is 1. The largest absolute Gasteiger partial charge is 0.384 e. The normalized spacial score (nSPS) is 19.5. The number of allylic oxidation sites excluding steroid dienone is 3. The molecule has 2 heterocycles. The van der Waals surface area contributed by atoms with Crippen molar-refractivity contribution in [3.8, 4) is 6.07 Å². The molecule has 1 aliphatic carbocycles. The summed E-state index contributed by atoms with van der Waals surface area (Å²) in [6.45, 7) is 4.05. The van der Waals surface area contributed by atoms with Crippen molar-refractivity contribution in [2.45, 2.75) is 39.0 Å². The lowest BCUT2D eigenvalue weighted by molar-refractivity contribution is -0.116. The van der Waals surface area contributed by atoms with E-state index in [1.165, 1.54) is 0 Å². The number of aryl methyl sites for hydroxylation is 2. The van der Waals surface area contributed by atoms with Crippen molar-refractivity contribution in [1.29, 1.82) is 5.26 Å². The molecule has 0 amide bonds. The average Bonchev–Trinajstić information content (AvgIpc) is 2.97. The Kier molecular flexibility index (Phi) is 5.20. The van der Waals surface area contributed by atoms with Crippen LogP contribution < -0.4 is 10.6 Å². The third-order valence-electron chi connectivity index (χ3n) is 5.41. The molecule has 29 heavy (non-hydrogen) atoms. The van der Waals surface area contributed by atoms with E-state index in [1.807, 2.05) is 13.8 Å². The number of ketones is 1. The maximum Gasteiger partial charge on any atom is 0.161 e. The van der Waals surface area contributed by atoms with Gasteiger partial charge in [-0.3, -0.25) is 9.69 Å². The Morgan fingerprint density at radius 1 is 1.17 bits per heavy atom. The first-order valence-corrected chi connectivity index (χ1v) is 10.9. The number of halogens is 2. The van der Waals surface area contributed by atoms with Gasteiger partial charge in [-0.1, -0.05) is 23.2 Å². The van der Waals surface area contributed by atoms with Gasteiger partial charge in [0.1, 0.15) is 5.82 Å². The minimum Gasteiger partial charge on any atom is -0.384 e. The fourth-order valence-corrected chi connectivity index (χ4v) is 5.78. The van der Waals surface area contributed by atoms with Gasteiger partial charge in [-0.25, -0.2) is 0 Å². The molecular formula is C22H19Cl2N3OS. The van der Waals surface area contributed by atoms with Gasteiger partial charge >= 0.3 is 0 Å². The molecule has 4 nitrogen and oxygen atoms in total. The quantitative estimate of drug-likeness (QED) is 0.619. The Labute approximate surface area is 183 Å². The Bertz CT molecular complexity index is 1120. The first-order valence-electron chi connectivity index (χ1n) is 9.31. The van der Waals surface area contributed by atoms with Crippen LogP contribution in [-0.4, -0.2) is 5.78 Å². The van der Waals surface area contributed by atoms with E-state index in [0.717, 1.165) is 27.4 Å². The molecule has 0 fully saturated rings. The second-order valence-electron chi connectivity index (χ2n) is 7.31. The number of benzene rings is 1. The van der Waals surface area contributed by atoms with Crippen molar-refractivity contribution < 1.29 is 4.79 Å².